The van der Waals surface area contributed by atoms with Crippen molar-refractivity contribution in [3.8, 4) is 0 Å². The third-order valence-electron chi connectivity index (χ3n) is 5.49. The van der Waals surface area contributed by atoms with Gasteiger partial charge in [-0.05, 0) is 50.3 Å². The van der Waals surface area contributed by atoms with E-state index in [1.54, 1.807) is 20.8 Å². The van der Waals surface area contributed by atoms with Crippen LogP contribution in [0.2, 0.25) is 0 Å². The van der Waals surface area contributed by atoms with Crippen LogP contribution in [0.3, 0.4) is 0 Å². The van der Waals surface area contributed by atoms with Crippen LogP contribution in [-0.4, -0.2) is 52.7 Å². The van der Waals surface area contributed by atoms with Gasteiger partial charge in [0.25, 0.3) is 0 Å². The van der Waals surface area contributed by atoms with Gasteiger partial charge in [0, 0.05) is 13.1 Å². The van der Waals surface area contributed by atoms with Crippen LogP contribution in [0.1, 0.15) is 63.8 Å². The molecule has 0 spiro atoms. The van der Waals surface area contributed by atoms with Crippen molar-refractivity contribution in [3.05, 3.63) is 71.3 Å². The Morgan fingerprint density at radius 2 is 1.61 bits per heavy atom. The molecule has 8 heteroatoms. The molecule has 8 nitrogen and oxygen atoms in total. The van der Waals surface area contributed by atoms with Crippen molar-refractivity contribution in [2.75, 3.05) is 13.2 Å². The molecule has 2 aromatic carbocycles. The van der Waals surface area contributed by atoms with Crippen LogP contribution in [0.15, 0.2) is 54.6 Å². The maximum Gasteiger partial charge on any atom is 0.408 e. The van der Waals surface area contributed by atoms with Crippen molar-refractivity contribution in [3.63, 3.8) is 0 Å². The summed E-state index contributed by atoms with van der Waals surface area (Å²) in [6, 6.07) is 14.9. The Bertz CT molecular complexity index is 986. The number of aryl methyl sites for hydroxylation is 1. The molecule has 0 radical (unpaired) electrons. The highest BCUT2D eigenvalue weighted by atomic mass is 16.6. The number of hydrogen-bond donors (Lipinski definition) is 3. The van der Waals surface area contributed by atoms with Gasteiger partial charge in [-0.25, -0.2) is 4.79 Å². The molecular weight excluding hydrogens is 458 g/mol. The number of rotatable bonds is 11. The normalized spacial score (nSPS) is 12.8. The summed E-state index contributed by atoms with van der Waals surface area (Å²) in [5.41, 5.74) is 1.92. The van der Waals surface area contributed by atoms with E-state index in [1.807, 2.05) is 68.4 Å². The number of hydrogen-bond acceptors (Lipinski definition) is 5. The summed E-state index contributed by atoms with van der Waals surface area (Å²) >= 11 is 0. The molecular formula is C28H39N3O5. The number of benzene rings is 2. The topological polar surface area (TPSA) is 108 Å². The molecule has 0 aliphatic carbocycles. The molecule has 3 N–H and O–H groups in total. The summed E-state index contributed by atoms with van der Waals surface area (Å²) < 4.78 is 5.25. The molecule has 0 saturated heterocycles. The molecule has 2 atom stereocenters. The first-order valence-corrected chi connectivity index (χ1v) is 12.4. The van der Waals surface area contributed by atoms with Gasteiger partial charge in [0.1, 0.15) is 17.7 Å². The van der Waals surface area contributed by atoms with Gasteiger partial charge in [0.2, 0.25) is 11.8 Å². The van der Waals surface area contributed by atoms with Gasteiger partial charge in [-0.1, -0.05) is 68.4 Å². The predicted octanol–water partition coefficient (Wildman–Crippen LogP) is 3.73. The molecule has 0 aliphatic rings. The second-order valence-corrected chi connectivity index (χ2v) is 9.61. The van der Waals surface area contributed by atoms with Crippen LogP contribution >= 0.6 is 0 Å². The van der Waals surface area contributed by atoms with E-state index in [0.717, 1.165) is 17.5 Å². The zero-order chi connectivity index (χ0) is 26.7. The molecule has 196 valence electrons. The molecule has 3 amide bonds. The Morgan fingerprint density at radius 1 is 0.972 bits per heavy atom. The summed E-state index contributed by atoms with van der Waals surface area (Å²) in [4.78, 5) is 40.9. The fourth-order valence-electron chi connectivity index (χ4n) is 3.73. The molecule has 0 aliphatic heterocycles. The number of ether oxygens (including phenoxy) is 1. The van der Waals surface area contributed by atoms with E-state index in [9.17, 15) is 19.5 Å². The minimum Gasteiger partial charge on any atom is -0.444 e. The third-order valence-corrected chi connectivity index (χ3v) is 5.49. The largest absolute Gasteiger partial charge is 0.444 e. The minimum atomic E-state index is -1.26. The van der Waals surface area contributed by atoms with Gasteiger partial charge in [0.15, 0.2) is 0 Å². The van der Waals surface area contributed by atoms with Gasteiger partial charge in [-0.2, -0.15) is 0 Å². The molecule has 0 bridgehead atoms. The van der Waals surface area contributed by atoms with Crippen molar-refractivity contribution in [1.29, 1.82) is 0 Å². The third kappa shape index (κ3) is 8.68. The lowest BCUT2D eigenvalue weighted by atomic mass is 10.00. The highest BCUT2D eigenvalue weighted by Crippen LogP contribution is 2.24. The predicted molar refractivity (Wildman–Crippen MR) is 139 cm³/mol. The summed E-state index contributed by atoms with van der Waals surface area (Å²) in [7, 11) is 0. The van der Waals surface area contributed by atoms with Gasteiger partial charge < -0.3 is 25.4 Å². The van der Waals surface area contributed by atoms with E-state index in [4.69, 9.17) is 4.74 Å². The number of carbonyl (C=O) groups is 3. The Labute approximate surface area is 214 Å². The van der Waals surface area contributed by atoms with Gasteiger partial charge in [0.05, 0.1) is 6.61 Å². The maximum absolute atomic E-state index is 13.6. The zero-order valence-electron chi connectivity index (χ0n) is 21.9. The van der Waals surface area contributed by atoms with E-state index in [1.165, 1.54) is 4.90 Å². The molecule has 2 rings (SSSR count). The summed E-state index contributed by atoms with van der Waals surface area (Å²) in [6.45, 7) is 8.98. The van der Waals surface area contributed by atoms with Crippen molar-refractivity contribution in [2.45, 2.75) is 71.7 Å². The van der Waals surface area contributed by atoms with E-state index in [0.29, 0.717) is 18.5 Å². The summed E-state index contributed by atoms with van der Waals surface area (Å²) in [5.74, 6) is -0.913. The van der Waals surface area contributed by atoms with Crippen LogP contribution in [0.4, 0.5) is 4.79 Å². The maximum atomic E-state index is 13.6. The number of amides is 3. The Kier molecular flexibility index (Phi) is 10.9. The Hall–Kier alpha value is -3.39. The monoisotopic (exact) mass is 497 g/mol. The standard InChI is InChI=1S/C28H39N3O5/c1-6-17-31(26(34)23(19-32)30-27(35)36-28(3,4)5)24(22-15-13-20(7-2)14-16-22)25(33)29-18-21-11-9-8-10-12-21/h8-16,23-24,32H,6-7,17-19H2,1-5H3,(H,29,33)(H,30,35). The first-order valence-electron chi connectivity index (χ1n) is 12.4. The molecule has 2 aromatic rings. The number of carbonyl (C=O) groups excluding carboxylic acids is 3. The van der Waals surface area contributed by atoms with Crippen molar-refractivity contribution in [1.82, 2.24) is 15.5 Å². The molecule has 0 saturated carbocycles. The average Bonchev–Trinajstić information content (AvgIpc) is 2.85. The molecule has 36 heavy (non-hydrogen) atoms. The molecule has 0 aromatic heterocycles. The molecule has 0 heterocycles. The fraction of sp³-hybridized carbons (Fsp3) is 0.464. The Morgan fingerprint density at radius 3 is 2.14 bits per heavy atom. The second-order valence-electron chi connectivity index (χ2n) is 9.61. The number of alkyl carbamates (subject to hydrolysis) is 1. The van der Waals surface area contributed by atoms with Gasteiger partial charge >= 0.3 is 6.09 Å². The number of aliphatic hydroxyl groups excluding tert-OH is 1. The molecule has 2 unspecified atom stereocenters. The van der Waals surface area contributed by atoms with Crippen LogP contribution in [-0.2, 0) is 27.3 Å². The average molecular weight is 498 g/mol. The van der Waals surface area contributed by atoms with Crippen molar-refractivity contribution in [2.24, 2.45) is 0 Å². The lowest BCUT2D eigenvalue weighted by molar-refractivity contribution is -0.143. The van der Waals surface area contributed by atoms with E-state index < -0.39 is 36.3 Å². The van der Waals surface area contributed by atoms with Crippen molar-refractivity contribution >= 4 is 17.9 Å². The number of nitrogens with zero attached hydrogens (tertiary/aromatic N) is 1. The van der Waals surface area contributed by atoms with Crippen molar-refractivity contribution < 1.29 is 24.2 Å². The van der Waals surface area contributed by atoms with Crippen LogP contribution in [0.5, 0.6) is 0 Å². The van der Waals surface area contributed by atoms with Gasteiger partial charge in [-0.3, -0.25) is 9.59 Å². The van der Waals surface area contributed by atoms with E-state index in [-0.39, 0.29) is 12.5 Å². The quantitative estimate of drug-likeness (QED) is 0.438. The first kappa shape index (κ1) is 28.8. The first-order chi connectivity index (χ1) is 17.1. The lowest BCUT2D eigenvalue weighted by Crippen LogP contribution is -2.54. The smallest absolute Gasteiger partial charge is 0.408 e. The number of aliphatic hydroxyl groups is 1. The number of nitrogens with one attached hydrogen (secondary N) is 2. The SMILES string of the molecule is CCCN(C(=O)C(CO)NC(=O)OC(C)(C)C)C(C(=O)NCc1ccccc1)c1ccc(CC)cc1. The van der Waals surface area contributed by atoms with Gasteiger partial charge in [-0.15, -0.1) is 0 Å². The highest BCUT2D eigenvalue weighted by molar-refractivity contribution is 5.92. The fourth-order valence-corrected chi connectivity index (χ4v) is 3.73. The lowest BCUT2D eigenvalue weighted by Gasteiger charge is -2.34. The van der Waals surface area contributed by atoms with Crippen LogP contribution in [0, 0.1) is 0 Å². The summed E-state index contributed by atoms with van der Waals surface area (Å²) in [6.07, 6.45) is 0.602. The zero-order valence-corrected chi connectivity index (χ0v) is 21.9. The van der Waals surface area contributed by atoms with E-state index >= 15 is 0 Å². The summed E-state index contributed by atoms with van der Waals surface area (Å²) in [5, 5.41) is 15.3. The van der Waals surface area contributed by atoms with Crippen LogP contribution in [0.25, 0.3) is 0 Å². The second kappa shape index (κ2) is 13.6. The highest BCUT2D eigenvalue weighted by Gasteiger charge is 2.35. The Balaban J connectivity index is 2.36. The van der Waals surface area contributed by atoms with E-state index in [2.05, 4.69) is 10.6 Å². The molecule has 0 fully saturated rings. The van der Waals surface area contributed by atoms with Crippen LogP contribution < -0.4 is 10.6 Å². The minimum absolute atomic E-state index is 0.254.